The first-order chi connectivity index (χ1) is 11.4. The molecule has 0 amide bonds. The van der Waals surface area contributed by atoms with E-state index in [2.05, 4.69) is 25.1 Å². The number of ether oxygens (including phenoxy) is 1. The maximum Gasteiger partial charge on any atom is 0.573 e. The third-order valence-electron chi connectivity index (χ3n) is 2.92. The Bertz CT molecular complexity index is 833. The lowest BCUT2D eigenvalue weighted by Gasteiger charge is -2.11. The lowest BCUT2D eigenvalue weighted by atomic mass is 10.2. The Balaban J connectivity index is 1.80. The van der Waals surface area contributed by atoms with Crippen molar-refractivity contribution in [2.75, 3.05) is 5.32 Å². The van der Waals surface area contributed by atoms with E-state index in [9.17, 15) is 13.2 Å². The zero-order chi connectivity index (χ0) is 17.2. The molecule has 0 fully saturated rings. The van der Waals surface area contributed by atoms with Gasteiger partial charge in [0.15, 0.2) is 5.82 Å². The zero-order valence-corrected chi connectivity index (χ0v) is 12.4. The molecule has 0 aliphatic heterocycles. The van der Waals surface area contributed by atoms with E-state index < -0.39 is 6.36 Å². The molecule has 0 bridgehead atoms. The summed E-state index contributed by atoms with van der Waals surface area (Å²) in [6.07, 6.45) is -1.68. The van der Waals surface area contributed by atoms with Crippen molar-refractivity contribution in [3.8, 4) is 11.6 Å². The summed E-state index contributed by atoms with van der Waals surface area (Å²) in [7, 11) is 0. The van der Waals surface area contributed by atoms with Crippen LogP contribution in [0.5, 0.6) is 5.75 Å². The van der Waals surface area contributed by atoms with Crippen LogP contribution in [-0.4, -0.2) is 26.1 Å². The van der Waals surface area contributed by atoms with Gasteiger partial charge in [0.25, 0.3) is 0 Å². The zero-order valence-electron chi connectivity index (χ0n) is 12.4. The summed E-state index contributed by atoms with van der Waals surface area (Å²) >= 11 is 0. The van der Waals surface area contributed by atoms with Crippen LogP contribution in [0.15, 0.2) is 48.9 Å². The first-order valence-electron chi connectivity index (χ1n) is 6.86. The van der Waals surface area contributed by atoms with Gasteiger partial charge in [0.2, 0.25) is 5.95 Å². The van der Waals surface area contributed by atoms with Crippen molar-refractivity contribution in [3.63, 3.8) is 0 Å². The Kier molecular flexibility index (Phi) is 4.07. The highest BCUT2D eigenvalue weighted by atomic mass is 19.4. The fourth-order valence-electron chi connectivity index (χ4n) is 2.06. The van der Waals surface area contributed by atoms with Crippen LogP contribution in [0.25, 0.3) is 5.82 Å². The highest BCUT2D eigenvalue weighted by Crippen LogP contribution is 2.27. The molecule has 3 aromatic rings. The molecular weight excluding hydrogens is 323 g/mol. The van der Waals surface area contributed by atoms with Crippen molar-refractivity contribution in [1.82, 2.24) is 19.7 Å². The Morgan fingerprint density at radius 3 is 2.67 bits per heavy atom. The molecule has 0 spiro atoms. The highest BCUT2D eigenvalue weighted by molar-refractivity contribution is 5.57. The summed E-state index contributed by atoms with van der Waals surface area (Å²) in [5.74, 6) is 0.488. The average Bonchev–Trinajstić information content (AvgIpc) is 2.94. The number of halogens is 3. The topological polar surface area (TPSA) is 64.9 Å². The number of nitrogens with zero attached hydrogens (tertiary/aromatic N) is 4. The number of hydrogen-bond donors (Lipinski definition) is 1. The Hall–Kier alpha value is -3.10. The van der Waals surface area contributed by atoms with E-state index in [1.165, 1.54) is 23.1 Å². The van der Waals surface area contributed by atoms with Crippen LogP contribution >= 0.6 is 0 Å². The van der Waals surface area contributed by atoms with Gasteiger partial charge in [-0.25, -0.2) is 9.67 Å². The molecule has 2 heterocycles. The number of benzene rings is 1. The summed E-state index contributed by atoms with van der Waals surface area (Å²) in [5.41, 5.74) is 0.983. The molecule has 2 aromatic heterocycles. The van der Waals surface area contributed by atoms with Crippen LogP contribution in [-0.2, 0) is 0 Å². The highest BCUT2D eigenvalue weighted by Gasteiger charge is 2.31. The summed E-state index contributed by atoms with van der Waals surface area (Å²) in [6.45, 7) is 1.66. The fraction of sp³-hybridized carbons (Fsp3) is 0.133. The molecule has 0 saturated carbocycles. The minimum absolute atomic E-state index is 0.226. The molecule has 0 atom stereocenters. The molecule has 3 rings (SSSR count). The molecule has 1 N–H and O–H groups in total. The van der Waals surface area contributed by atoms with E-state index in [4.69, 9.17) is 0 Å². The van der Waals surface area contributed by atoms with Crippen molar-refractivity contribution >= 4 is 11.6 Å². The van der Waals surface area contributed by atoms with Gasteiger partial charge >= 0.3 is 6.36 Å². The van der Waals surface area contributed by atoms with E-state index >= 15 is 0 Å². The monoisotopic (exact) mass is 335 g/mol. The fourth-order valence-corrected chi connectivity index (χ4v) is 2.06. The van der Waals surface area contributed by atoms with Crippen molar-refractivity contribution in [3.05, 3.63) is 54.5 Å². The number of alkyl halides is 3. The Morgan fingerprint density at radius 2 is 1.96 bits per heavy atom. The normalized spacial score (nSPS) is 11.3. The smallest absolute Gasteiger partial charge is 0.406 e. The molecule has 0 aliphatic rings. The van der Waals surface area contributed by atoms with Crippen LogP contribution < -0.4 is 10.1 Å². The van der Waals surface area contributed by atoms with E-state index in [0.29, 0.717) is 17.1 Å². The maximum absolute atomic E-state index is 12.3. The Morgan fingerprint density at radius 1 is 1.12 bits per heavy atom. The molecule has 124 valence electrons. The lowest BCUT2D eigenvalue weighted by molar-refractivity contribution is -0.274. The van der Waals surface area contributed by atoms with E-state index in [1.807, 2.05) is 0 Å². The largest absolute Gasteiger partial charge is 0.573 e. The molecule has 0 radical (unpaired) electrons. The van der Waals surface area contributed by atoms with Crippen LogP contribution in [0, 0.1) is 6.92 Å². The van der Waals surface area contributed by atoms with Crippen molar-refractivity contribution < 1.29 is 17.9 Å². The number of pyridine rings is 1. The third-order valence-corrected chi connectivity index (χ3v) is 2.92. The molecule has 0 saturated heterocycles. The molecule has 6 nitrogen and oxygen atoms in total. The summed E-state index contributed by atoms with van der Waals surface area (Å²) in [6, 6.07) is 9.50. The number of nitrogens with one attached hydrogen (secondary N) is 1. The third kappa shape index (κ3) is 4.00. The molecule has 0 aliphatic carbocycles. The molecule has 1 aromatic carbocycles. The van der Waals surface area contributed by atoms with Gasteiger partial charge in [0.1, 0.15) is 12.1 Å². The van der Waals surface area contributed by atoms with Crippen molar-refractivity contribution in [2.45, 2.75) is 13.3 Å². The van der Waals surface area contributed by atoms with E-state index in [-0.39, 0.29) is 11.7 Å². The number of anilines is 2. The predicted molar refractivity (Wildman–Crippen MR) is 80.3 cm³/mol. The number of hydrogen-bond acceptors (Lipinski definition) is 5. The van der Waals surface area contributed by atoms with E-state index in [1.54, 1.807) is 37.4 Å². The summed E-state index contributed by atoms with van der Waals surface area (Å²) in [4.78, 5) is 8.19. The van der Waals surface area contributed by atoms with Crippen LogP contribution in [0.3, 0.4) is 0 Å². The van der Waals surface area contributed by atoms with Gasteiger partial charge in [-0.2, -0.15) is 4.98 Å². The van der Waals surface area contributed by atoms with Gasteiger partial charge in [-0.15, -0.1) is 18.3 Å². The first-order valence-corrected chi connectivity index (χ1v) is 6.86. The minimum atomic E-state index is -4.75. The molecule has 0 unspecified atom stereocenters. The summed E-state index contributed by atoms with van der Waals surface area (Å²) < 4.78 is 42.4. The maximum atomic E-state index is 12.3. The SMILES string of the molecule is Cc1cc(Nc2ncn(-c3ccccn3)n2)cc(OC(F)(F)F)c1. The number of aromatic nitrogens is 4. The first kappa shape index (κ1) is 15.8. The van der Waals surface area contributed by atoms with Crippen LogP contribution in [0.1, 0.15) is 5.56 Å². The van der Waals surface area contributed by atoms with Gasteiger partial charge in [-0.1, -0.05) is 6.07 Å². The van der Waals surface area contributed by atoms with Gasteiger partial charge in [-0.05, 0) is 36.8 Å². The van der Waals surface area contributed by atoms with Gasteiger partial charge in [-0.3, -0.25) is 0 Å². The van der Waals surface area contributed by atoms with Gasteiger partial charge < -0.3 is 10.1 Å². The second kappa shape index (κ2) is 6.19. The summed E-state index contributed by atoms with van der Waals surface area (Å²) in [5, 5.41) is 7.02. The molecule has 24 heavy (non-hydrogen) atoms. The average molecular weight is 335 g/mol. The second-order valence-electron chi connectivity index (χ2n) is 4.91. The lowest BCUT2D eigenvalue weighted by Crippen LogP contribution is -2.17. The van der Waals surface area contributed by atoms with Crippen molar-refractivity contribution in [2.24, 2.45) is 0 Å². The van der Waals surface area contributed by atoms with Crippen LogP contribution in [0.4, 0.5) is 24.8 Å². The standard InChI is InChI=1S/C15H12F3N5O/c1-10-6-11(8-12(7-10)24-15(16,17)18)21-14-20-9-23(22-14)13-4-2-3-5-19-13/h2-9H,1H3,(H,21,22). The second-order valence-corrected chi connectivity index (χ2v) is 4.91. The number of rotatable bonds is 4. The van der Waals surface area contributed by atoms with Crippen molar-refractivity contribution in [1.29, 1.82) is 0 Å². The van der Waals surface area contributed by atoms with Gasteiger partial charge in [0.05, 0.1) is 0 Å². The predicted octanol–water partition coefficient (Wildman–Crippen LogP) is 3.61. The number of aryl methyl sites for hydroxylation is 1. The minimum Gasteiger partial charge on any atom is -0.406 e. The van der Waals surface area contributed by atoms with Crippen LogP contribution in [0.2, 0.25) is 0 Å². The molecule has 9 heteroatoms. The van der Waals surface area contributed by atoms with Gasteiger partial charge in [0, 0.05) is 18.0 Å². The quantitative estimate of drug-likeness (QED) is 0.789. The molecular formula is C15H12F3N5O. The Labute approximate surface area is 134 Å². The van der Waals surface area contributed by atoms with E-state index in [0.717, 1.165) is 0 Å².